The lowest BCUT2D eigenvalue weighted by atomic mass is 10.1. The van der Waals surface area contributed by atoms with E-state index in [1.807, 2.05) is 24.3 Å². The molecule has 0 saturated heterocycles. The van der Waals surface area contributed by atoms with Gasteiger partial charge in [0, 0.05) is 18.1 Å². The number of aromatic nitrogens is 1. The summed E-state index contributed by atoms with van der Waals surface area (Å²) >= 11 is 6.05. The number of aliphatic hydroxyl groups excluding tert-OH is 1. The summed E-state index contributed by atoms with van der Waals surface area (Å²) in [5.41, 5.74) is 2.69. The molecule has 0 fully saturated rings. The van der Waals surface area contributed by atoms with Gasteiger partial charge in [-0.2, -0.15) is 0 Å². The Hall–Kier alpha value is -2.17. The first kappa shape index (κ1) is 15.7. The van der Waals surface area contributed by atoms with Crippen LogP contribution >= 0.6 is 11.6 Å². The summed E-state index contributed by atoms with van der Waals surface area (Å²) in [6.07, 6.45) is 2.26. The minimum atomic E-state index is -0.388. The molecule has 5 heteroatoms. The summed E-state index contributed by atoms with van der Waals surface area (Å²) in [5.74, 6) is -0.388. The summed E-state index contributed by atoms with van der Waals surface area (Å²) in [5, 5.41) is 13.2. The third-order valence-electron chi connectivity index (χ3n) is 3.73. The summed E-state index contributed by atoms with van der Waals surface area (Å²) in [6.45, 7) is 0.637. The predicted molar refractivity (Wildman–Crippen MR) is 91.3 cm³/mol. The SMILES string of the molecule is OCc1ccc(CCNc2ccc3c(Cl)ccnc3c2F)cc1. The van der Waals surface area contributed by atoms with E-state index in [0.29, 0.717) is 22.6 Å². The second-order valence-corrected chi connectivity index (χ2v) is 5.67. The Bertz CT molecular complexity index is 821. The molecular formula is C18H16ClFN2O. The number of nitrogens with one attached hydrogen (secondary N) is 1. The molecule has 0 aliphatic rings. The van der Waals surface area contributed by atoms with Gasteiger partial charge in [-0.3, -0.25) is 4.98 Å². The van der Waals surface area contributed by atoms with Crippen molar-refractivity contribution in [2.24, 2.45) is 0 Å². The van der Waals surface area contributed by atoms with Crippen LogP contribution in [0.1, 0.15) is 11.1 Å². The molecule has 0 spiro atoms. The molecule has 0 unspecified atom stereocenters. The molecule has 0 radical (unpaired) electrons. The quantitative estimate of drug-likeness (QED) is 0.738. The highest BCUT2D eigenvalue weighted by Gasteiger charge is 2.10. The molecule has 118 valence electrons. The molecule has 0 atom stereocenters. The van der Waals surface area contributed by atoms with Crippen LogP contribution in [0.2, 0.25) is 5.02 Å². The molecular weight excluding hydrogens is 315 g/mol. The number of fused-ring (bicyclic) bond motifs is 1. The van der Waals surface area contributed by atoms with Crippen LogP contribution in [0.15, 0.2) is 48.7 Å². The van der Waals surface area contributed by atoms with Crippen LogP contribution in [0.4, 0.5) is 10.1 Å². The van der Waals surface area contributed by atoms with Crippen molar-refractivity contribution in [1.29, 1.82) is 0 Å². The lowest BCUT2D eigenvalue weighted by Crippen LogP contribution is -2.07. The predicted octanol–water partition coefficient (Wildman–Crippen LogP) is 4.17. The van der Waals surface area contributed by atoms with Crippen molar-refractivity contribution in [3.8, 4) is 0 Å². The highest BCUT2D eigenvalue weighted by atomic mass is 35.5. The lowest BCUT2D eigenvalue weighted by Gasteiger charge is -2.10. The summed E-state index contributed by atoms with van der Waals surface area (Å²) in [7, 11) is 0. The second kappa shape index (κ2) is 6.94. The maximum absolute atomic E-state index is 14.5. The molecule has 0 aliphatic heterocycles. The highest BCUT2D eigenvalue weighted by Crippen LogP contribution is 2.27. The molecule has 2 N–H and O–H groups in total. The molecule has 1 heterocycles. The van der Waals surface area contributed by atoms with Crippen LogP contribution in [-0.4, -0.2) is 16.6 Å². The third-order valence-corrected chi connectivity index (χ3v) is 4.06. The van der Waals surface area contributed by atoms with Gasteiger partial charge in [-0.15, -0.1) is 0 Å². The van der Waals surface area contributed by atoms with Gasteiger partial charge in [0.05, 0.1) is 17.3 Å². The van der Waals surface area contributed by atoms with Crippen molar-refractivity contribution >= 4 is 28.2 Å². The Morgan fingerprint density at radius 2 is 1.78 bits per heavy atom. The van der Waals surface area contributed by atoms with Gasteiger partial charge in [-0.05, 0) is 35.7 Å². The first-order chi connectivity index (χ1) is 11.2. The second-order valence-electron chi connectivity index (χ2n) is 5.27. The van der Waals surface area contributed by atoms with Gasteiger partial charge in [-0.25, -0.2) is 4.39 Å². The molecule has 1 aromatic heterocycles. The van der Waals surface area contributed by atoms with Gasteiger partial charge < -0.3 is 10.4 Å². The Labute approximate surface area is 138 Å². The average molecular weight is 331 g/mol. The number of benzene rings is 2. The van der Waals surface area contributed by atoms with Crippen molar-refractivity contribution in [2.45, 2.75) is 13.0 Å². The van der Waals surface area contributed by atoms with E-state index in [9.17, 15) is 4.39 Å². The molecule has 0 amide bonds. The van der Waals surface area contributed by atoms with Crippen molar-refractivity contribution in [1.82, 2.24) is 4.98 Å². The Morgan fingerprint density at radius 3 is 2.52 bits per heavy atom. The minimum Gasteiger partial charge on any atom is -0.392 e. The number of aliphatic hydroxyl groups is 1. The normalized spacial score (nSPS) is 10.9. The molecule has 0 saturated carbocycles. The van der Waals surface area contributed by atoms with Gasteiger partial charge in [0.2, 0.25) is 0 Å². The molecule has 3 rings (SSSR count). The first-order valence-electron chi connectivity index (χ1n) is 7.34. The summed E-state index contributed by atoms with van der Waals surface area (Å²) in [4.78, 5) is 4.06. The fourth-order valence-electron chi connectivity index (χ4n) is 2.44. The number of hydrogen-bond donors (Lipinski definition) is 2. The largest absolute Gasteiger partial charge is 0.392 e. The zero-order valence-electron chi connectivity index (χ0n) is 12.4. The van der Waals surface area contributed by atoms with E-state index in [1.165, 1.54) is 6.20 Å². The maximum Gasteiger partial charge on any atom is 0.172 e. The Morgan fingerprint density at radius 1 is 1.04 bits per heavy atom. The van der Waals surface area contributed by atoms with Crippen molar-refractivity contribution in [3.05, 3.63) is 70.6 Å². The zero-order valence-corrected chi connectivity index (χ0v) is 13.1. The first-order valence-corrected chi connectivity index (χ1v) is 7.72. The molecule has 0 bridgehead atoms. The van der Waals surface area contributed by atoms with Gasteiger partial charge in [-0.1, -0.05) is 35.9 Å². The van der Waals surface area contributed by atoms with E-state index in [0.717, 1.165) is 17.5 Å². The van der Waals surface area contributed by atoms with Gasteiger partial charge >= 0.3 is 0 Å². The van der Waals surface area contributed by atoms with E-state index < -0.39 is 0 Å². The van der Waals surface area contributed by atoms with Crippen LogP contribution in [0.25, 0.3) is 10.9 Å². The smallest absolute Gasteiger partial charge is 0.172 e. The van der Waals surface area contributed by atoms with Gasteiger partial charge in [0.1, 0.15) is 5.52 Å². The van der Waals surface area contributed by atoms with Crippen LogP contribution in [0.3, 0.4) is 0 Å². The number of hydrogen-bond acceptors (Lipinski definition) is 3. The molecule has 0 aliphatic carbocycles. The number of rotatable bonds is 5. The topological polar surface area (TPSA) is 45.1 Å². The van der Waals surface area contributed by atoms with Gasteiger partial charge in [0.15, 0.2) is 5.82 Å². The Balaban J connectivity index is 1.70. The van der Waals surface area contributed by atoms with Crippen LogP contribution in [0.5, 0.6) is 0 Å². The Kier molecular flexibility index (Phi) is 4.74. The van der Waals surface area contributed by atoms with Crippen LogP contribution in [-0.2, 0) is 13.0 Å². The standard InChI is InChI=1S/C18H16ClFN2O/c19-15-8-10-22-18-14(15)5-6-16(17(18)20)21-9-7-12-1-3-13(11-23)4-2-12/h1-6,8,10,21,23H,7,9,11H2. The van der Waals surface area contributed by atoms with E-state index in [4.69, 9.17) is 16.7 Å². The van der Waals surface area contributed by atoms with Crippen LogP contribution in [0, 0.1) is 5.82 Å². The zero-order chi connectivity index (χ0) is 16.2. The fraction of sp³-hybridized carbons (Fsp3) is 0.167. The van der Waals surface area contributed by atoms with E-state index in [2.05, 4.69) is 10.3 Å². The van der Waals surface area contributed by atoms with E-state index in [1.54, 1.807) is 18.2 Å². The number of anilines is 1. The third kappa shape index (κ3) is 3.44. The van der Waals surface area contributed by atoms with E-state index >= 15 is 0 Å². The average Bonchev–Trinajstić information content (AvgIpc) is 2.58. The number of halogens is 2. The molecule has 23 heavy (non-hydrogen) atoms. The maximum atomic E-state index is 14.5. The molecule has 2 aromatic carbocycles. The van der Waals surface area contributed by atoms with Crippen LogP contribution < -0.4 is 5.32 Å². The van der Waals surface area contributed by atoms with Crippen molar-refractivity contribution < 1.29 is 9.50 Å². The van der Waals surface area contributed by atoms with Crippen molar-refractivity contribution in [2.75, 3.05) is 11.9 Å². The molecule has 3 nitrogen and oxygen atoms in total. The number of pyridine rings is 1. The molecule has 3 aromatic rings. The monoisotopic (exact) mass is 330 g/mol. The fourth-order valence-corrected chi connectivity index (χ4v) is 2.65. The minimum absolute atomic E-state index is 0.0381. The lowest BCUT2D eigenvalue weighted by molar-refractivity contribution is 0.282. The van der Waals surface area contributed by atoms with E-state index in [-0.39, 0.29) is 17.9 Å². The van der Waals surface area contributed by atoms with Gasteiger partial charge in [0.25, 0.3) is 0 Å². The number of nitrogens with zero attached hydrogens (tertiary/aromatic N) is 1. The highest BCUT2D eigenvalue weighted by molar-refractivity contribution is 6.35. The summed E-state index contributed by atoms with van der Waals surface area (Å²) in [6, 6.07) is 12.8. The summed E-state index contributed by atoms with van der Waals surface area (Å²) < 4.78 is 14.5. The van der Waals surface area contributed by atoms with Crippen molar-refractivity contribution in [3.63, 3.8) is 0 Å².